The molecule has 0 aliphatic carbocycles. The van der Waals surface area contributed by atoms with Crippen LogP contribution in [0.15, 0.2) is 35.5 Å². The highest BCUT2D eigenvalue weighted by atomic mass is 16.5. The third-order valence-corrected chi connectivity index (χ3v) is 4.33. The van der Waals surface area contributed by atoms with Gasteiger partial charge < -0.3 is 20.3 Å². The van der Waals surface area contributed by atoms with Gasteiger partial charge in [0.15, 0.2) is 0 Å². The fourth-order valence-corrected chi connectivity index (χ4v) is 3.13. The highest BCUT2D eigenvalue weighted by Crippen LogP contribution is 2.33. The molecule has 0 fully saturated rings. The molecular weight excluding hydrogens is 306 g/mol. The average Bonchev–Trinajstić information content (AvgIpc) is 2.89. The Hall–Kier alpha value is -2.50. The van der Waals surface area contributed by atoms with Crippen molar-refractivity contribution >= 4 is 11.9 Å². The van der Waals surface area contributed by atoms with Gasteiger partial charge in [-0.05, 0) is 31.0 Å². The van der Waals surface area contributed by atoms with Crippen molar-refractivity contribution in [3.63, 3.8) is 0 Å². The van der Waals surface area contributed by atoms with Gasteiger partial charge in [0.25, 0.3) is 5.91 Å². The molecule has 128 valence electrons. The molecular formula is C18H23N3O3. The lowest BCUT2D eigenvalue weighted by Gasteiger charge is -2.25. The predicted octanol–water partition coefficient (Wildman–Crippen LogP) is 2.34. The van der Waals surface area contributed by atoms with Gasteiger partial charge >= 0.3 is 6.03 Å². The van der Waals surface area contributed by atoms with Gasteiger partial charge in [-0.2, -0.15) is 0 Å². The lowest BCUT2D eigenvalue weighted by molar-refractivity contribution is -0.125. The van der Waals surface area contributed by atoms with Crippen LogP contribution in [0.1, 0.15) is 38.3 Å². The van der Waals surface area contributed by atoms with Crippen LogP contribution < -0.4 is 15.4 Å². The van der Waals surface area contributed by atoms with E-state index < -0.39 is 6.04 Å². The summed E-state index contributed by atoms with van der Waals surface area (Å²) in [6, 6.07) is 6.84. The molecule has 0 aromatic heterocycles. The Kier molecular flexibility index (Phi) is 4.74. The summed E-state index contributed by atoms with van der Waals surface area (Å²) in [6.07, 6.45) is 1.99. The Labute approximate surface area is 141 Å². The minimum atomic E-state index is -0.413. The molecule has 6 nitrogen and oxygen atoms in total. The quantitative estimate of drug-likeness (QED) is 0.841. The molecule has 2 heterocycles. The Morgan fingerprint density at radius 2 is 1.96 bits per heavy atom. The number of ether oxygens (including phenoxy) is 1. The summed E-state index contributed by atoms with van der Waals surface area (Å²) in [6.45, 7) is 5.83. The number of urea groups is 1. The number of hydrogen-bond donors (Lipinski definition) is 2. The first-order valence-electron chi connectivity index (χ1n) is 8.46. The number of unbranched alkanes of at least 4 members (excludes halogenated alkanes) is 1. The fourth-order valence-electron chi connectivity index (χ4n) is 3.13. The van der Waals surface area contributed by atoms with E-state index in [4.69, 9.17) is 4.74 Å². The number of benzene rings is 1. The second kappa shape index (κ2) is 6.95. The zero-order valence-electron chi connectivity index (χ0n) is 14.1. The standard InChI is InChI=1S/C18H23N3O3/c1-3-5-10-21-11-14-15(17(21)22)16(20-18(23)19-14)12-6-8-13(9-7-12)24-4-2/h6-9,16H,3-5,10-11H2,1-2H3,(H2,19,20,23)/t16-/m1/s1. The van der Waals surface area contributed by atoms with E-state index in [0.29, 0.717) is 25.3 Å². The van der Waals surface area contributed by atoms with Gasteiger partial charge in [-0.3, -0.25) is 4.79 Å². The van der Waals surface area contributed by atoms with Crippen molar-refractivity contribution in [1.29, 1.82) is 0 Å². The summed E-state index contributed by atoms with van der Waals surface area (Å²) in [4.78, 5) is 26.5. The molecule has 1 aromatic carbocycles. The first-order valence-corrected chi connectivity index (χ1v) is 8.46. The van der Waals surface area contributed by atoms with Crippen molar-refractivity contribution in [2.24, 2.45) is 0 Å². The molecule has 1 aromatic rings. The summed E-state index contributed by atoms with van der Waals surface area (Å²) in [5.41, 5.74) is 2.25. The highest BCUT2D eigenvalue weighted by molar-refractivity contribution is 6.01. The summed E-state index contributed by atoms with van der Waals surface area (Å²) in [7, 11) is 0. The van der Waals surface area contributed by atoms with Gasteiger partial charge in [-0.25, -0.2) is 4.79 Å². The second-order valence-corrected chi connectivity index (χ2v) is 6.01. The number of carbonyl (C=O) groups is 2. The number of nitrogens with one attached hydrogen (secondary N) is 2. The van der Waals surface area contributed by atoms with Crippen LogP contribution >= 0.6 is 0 Å². The minimum absolute atomic E-state index is 0.00448. The van der Waals surface area contributed by atoms with Gasteiger partial charge in [0.1, 0.15) is 5.75 Å². The normalized spacial score (nSPS) is 19.9. The Bertz CT molecular complexity index is 667. The molecule has 0 spiro atoms. The third-order valence-electron chi connectivity index (χ3n) is 4.33. The van der Waals surface area contributed by atoms with E-state index in [0.717, 1.165) is 29.9 Å². The van der Waals surface area contributed by atoms with Crippen molar-refractivity contribution in [3.05, 3.63) is 41.1 Å². The van der Waals surface area contributed by atoms with Crippen molar-refractivity contribution in [2.75, 3.05) is 19.7 Å². The molecule has 2 aliphatic heterocycles. The average molecular weight is 329 g/mol. The smallest absolute Gasteiger partial charge is 0.319 e. The van der Waals surface area contributed by atoms with Crippen molar-refractivity contribution in [3.8, 4) is 5.75 Å². The maximum Gasteiger partial charge on any atom is 0.319 e. The van der Waals surface area contributed by atoms with E-state index in [2.05, 4.69) is 17.6 Å². The van der Waals surface area contributed by atoms with Crippen molar-refractivity contribution < 1.29 is 14.3 Å². The Balaban J connectivity index is 1.85. The molecule has 2 N–H and O–H groups in total. The molecule has 3 amide bonds. The lowest BCUT2D eigenvalue weighted by atomic mass is 9.96. The van der Waals surface area contributed by atoms with E-state index in [1.807, 2.05) is 36.1 Å². The summed E-state index contributed by atoms with van der Waals surface area (Å²) in [5, 5.41) is 5.66. The zero-order valence-corrected chi connectivity index (χ0v) is 14.1. The molecule has 2 aliphatic rings. The Morgan fingerprint density at radius 1 is 1.21 bits per heavy atom. The zero-order chi connectivity index (χ0) is 17.1. The lowest BCUT2D eigenvalue weighted by Crippen LogP contribution is -2.44. The van der Waals surface area contributed by atoms with Crippen LogP contribution in [0.5, 0.6) is 5.75 Å². The largest absolute Gasteiger partial charge is 0.494 e. The van der Waals surface area contributed by atoms with E-state index in [9.17, 15) is 9.59 Å². The number of amides is 3. The van der Waals surface area contributed by atoms with Crippen LogP contribution in [-0.4, -0.2) is 36.5 Å². The van der Waals surface area contributed by atoms with Crippen LogP contribution in [0.3, 0.4) is 0 Å². The van der Waals surface area contributed by atoms with Crippen LogP contribution in [0.2, 0.25) is 0 Å². The number of rotatable bonds is 6. The topological polar surface area (TPSA) is 70.7 Å². The number of carbonyl (C=O) groups excluding carboxylic acids is 2. The molecule has 3 rings (SSSR count). The molecule has 0 bridgehead atoms. The SMILES string of the molecule is CCCCN1CC2=C(C1=O)[C@@H](c1ccc(OCC)cc1)NC(=O)N2. The summed E-state index contributed by atoms with van der Waals surface area (Å²) in [5.74, 6) is 0.780. The number of nitrogens with zero attached hydrogens (tertiary/aromatic N) is 1. The molecule has 0 radical (unpaired) electrons. The van der Waals surface area contributed by atoms with Gasteiger partial charge in [0.05, 0.1) is 30.5 Å². The first kappa shape index (κ1) is 16.4. The maximum atomic E-state index is 12.8. The van der Waals surface area contributed by atoms with E-state index >= 15 is 0 Å². The van der Waals surface area contributed by atoms with Gasteiger partial charge in [0.2, 0.25) is 0 Å². The second-order valence-electron chi connectivity index (χ2n) is 6.01. The van der Waals surface area contributed by atoms with E-state index in [1.165, 1.54) is 0 Å². The third kappa shape index (κ3) is 3.09. The molecule has 1 atom stereocenters. The maximum absolute atomic E-state index is 12.8. The molecule has 0 saturated heterocycles. The van der Waals surface area contributed by atoms with Crippen LogP contribution in [0.4, 0.5) is 4.79 Å². The highest BCUT2D eigenvalue weighted by Gasteiger charge is 2.39. The minimum Gasteiger partial charge on any atom is -0.494 e. The molecule has 24 heavy (non-hydrogen) atoms. The molecule has 6 heteroatoms. The summed E-state index contributed by atoms with van der Waals surface area (Å²) >= 11 is 0. The van der Waals surface area contributed by atoms with Crippen LogP contribution in [0, 0.1) is 0 Å². The van der Waals surface area contributed by atoms with Crippen LogP contribution in [-0.2, 0) is 4.79 Å². The Morgan fingerprint density at radius 3 is 2.62 bits per heavy atom. The monoisotopic (exact) mass is 329 g/mol. The van der Waals surface area contributed by atoms with Crippen LogP contribution in [0.25, 0.3) is 0 Å². The molecule has 0 saturated carbocycles. The molecule has 0 unspecified atom stereocenters. The van der Waals surface area contributed by atoms with Gasteiger partial charge in [0, 0.05) is 6.54 Å². The predicted molar refractivity (Wildman–Crippen MR) is 90.5 cm³/mol. The van der Waals surface area contributed by atoms with Gasteiger partial charge in [-0.1, -0.05) is 25.5 Å². The summed E-state index contributed by atoms with van der Waals surface area (Å²) < 4.78 is 5.45. The van der Waals surface area contributed by atoms with E-state index in [1.54, 1.807) is 0 Å². The van der Waals surface area contributed by atoms with Crippen molar-refractivity contribution in [2.45, 2.75) is 32.7 Å². The van der Waals surface area contributed by atoms with Gasteiger partial charge in [-0.15, -0.1) is 0 Å². The van der Waals surface area contributed by atoms with E-state index in [-0.39, 0.29) is 11.9 Å². The fraction of sp³-hybridized carbons (Fsp3) is 0.444. The first-order chi connectivity index (χ1) is 11.6. The van der Waals surface area contributed by atoms with Crippen molar-refractivity contribution in [1.82, 2.24) is 15.5 Å². The number of hydrogen-bond acceptors (Lipinski definition) is 3.